The molecule has 0 saturated heterocycles. The van der Waals surface area contributed by atoms with Gasteiger partial charge in [0, 0.05) is 6.54 Å². The maximum Gasteiger partial charge on any atom is 0.335 e. The summed E-state index contributed by atoms with van der Waals surface area (Å²) in [6.45, 7) is 0.817. The number of rotatable bonds is 9. The van der Waals surface area contributed by atoms with Gasteiger partial charge in [0.1, 0.15) is 0 Å². The lowest BCUT2D eigenvalue weighted by atomic mass is 10.1. The Morgan fingerprint density at radius 2 is 1.61 bits per heavy atom. The fourth-order valence-electron chi connectivity index (χ4n) is 3.56. The van der Waals surface area contributed by atoms with E-state index in [1.54, 1.807) is 10.8 Å². The number of methoxy groups -OCH3 is 1. The number of benzene rings is 3. The molecule has 0 aliphatic rings. The van der Waals surface area contributed by atoms with Crippen molar-refractivity contribution >= 4 is 12.0 Å². The summed E-state index contributed by atoms with van der Waals surface area (Å²) in [4.78, 5) is 12.5. The maximum atomic E-state index is 12.5. The standard InChI is InChI=1S/C26H25N5O2/c1-33-26(32)23(17-20-11-5-2-6-12-20)19-31-25(28-29-30-31)24(22-15-9-4-10-16-22)27-18-21-13-7-3-8-14-21/h2-17,24,27H,18-19H2,1H3/b23-17-. The highest BCUT2D eigenvalue weighted by Crippen LogP contribution is 2.21. The van der Waals surface area contributed by atoms with Crippen molar-refractivity contribution in [2.24, 2.45) is 0 Å². The Morgan fingerprint density at radius 3 is 2.27 bits per heavy atom. The molecule has 0 radical (unpaired) electrons. The number of tetrazole rings is 1. The lowest BCUT2D eigenvalue weighted by molar-refractivity contribution is -0.136. The van der Waals surface area contributed by atoms with Crippen LogP contribution in [0.5, 0.6) is 0 Å². The second-order valence-corrected chi connectivity index (χ2v) is 7.48. The summed E-state index contributed by atoms with van der Waals surface area (Å²) in [7, 11) is 1.37. The molecular weight excluding hydrogens is 414 g/mol. The van der Waals surface area contributed by atoms with E-state index in [-0.39, 0.29) is 12.6 Å². The van der Waals surface area contributed by atoms with Crippen LogP contribution in [0.25, 0.3) is 6.08 Å². The number of aromatic nitrogens is 4. The third kappa shape index (κ3) is 5.78. The van der Waals surface area contributed by atoms with Gasteiger partial charge >= 0.3 is 5.97 Å². The molecule has 0 amide bonds. The van der Waals surface area contributed by atoms with E-state index < -0.39 is 5.97 Å². The van der Waals surface area contributed by atoms with Crippen molar-refractivity contribution in [1.82, 2.24) is 25.5 Å². The number of carbonyl (C=O) groups is 1. The van der Waals surface area contributed by atoms with Crippen LogP contribution in [0.4, 0.5) is 0 Å². The number of ether oxygens (including phenoxy) is 1. The first kappa shape index (κ1) is 22.1. The lowest BCUT2D eigenvalue weighted by Crippen LogP contribution is -2.26. The molecule has 4 rings (SSSR count). The summed E-state index contributed by atoms with van der Waals surface area (Å²) < 4.78 is 6.66. The first-order valence-electron chi connectivity index (χ1n) is 10.7. The van der Waals surface area contributed by atoms with Crippen LogP contribution in [-0.2, 0) is 22.6 Å². The third-order valence-electron chi connectivity index (χ3n) is 5.21. The fourth-order valence-corrected chi connectivity index (χ4v) is 3.56. The van der Waals surface area contributed by atoms with Crippen molar-refractivity contribution in [1.29, 1.82) is 0 Å². The van der Waals surface area contributed by atoms with Crippen LogP contribution in [0.3, 0.4) is 0 Å². The number of carbonyl (C=O) groups excluding carboxylic acids is 1. The van der Waals surface area contributed by atoms with E-state index in [1.807, 2.05) is 78.9 Å². The van der Waals surface area contributed by atoms with Gasteiger partial charge in [0.15, 0.2) is 5.82 Å². The molecule has 7 nitrogen and oxygen atoms in total. The third-order valence-corrected chi connectivity index (χ3v) is 5.21. The molecule has 3 aromatic carbocycles. The number of hydrogen-bond acceptors (Lipinski definition) is 6. The van der Waals surface area contributed by atoms with Gasteiger partial charge in [-0.1, -0.05) is 91.0 Å². The Morgan fingerprint density at radius 1 is 0.970 bits per heavy atom. The van der Waals surface area contributed by atoms with Crippen LogP contribution >= 0.6 is 0 Å². The van der Waals surface area contributed by atoms with Crippen LogP contribution in [0.15, 0.2) is 96.6 Å². The number of nitrogens with zero attached hydrogens (tertiary/aromatic N) is 4. The zero-order chi connectivity index (χ0) is 22.9. The summed E-state index contributed by atoms with van der Waals surface area (Å²) in [5.74, 6) is 0.189. The second-order valence-electron chi connectivity index (χ2n) is 7.48. The zero-order valence-electron chi connectivity index (χ0n) is 18.3. The van der Waals surface area contributed by atoms with E-state index in [0.29, 0.717) is 17.9 Å². The number of hydrogen-bond donors (Lipinski definition) is 1. The summed E-state index contributed by atoms with van der Waals surface area (Å²) in [5.41, 5.74) is 3.52. The normalized spacial score (nSPS) is 12.3. The molecule has 1 unspecified atom stereocenters. The molecule has 0 fully saturated rings. The second kappa shape index (κ2) is 11.0. The Bertz CT molecular complexity index is 1190. The van der Waals surface area contributed by atoms with E-state index in [4.69, 9.17) is 4.74 Å². The van der Waals surface area contributed by atoms with Crippen LogP contribution in [-0.4, -0.2) is 33.3 Å². The Kier molecular flexibility index (Phi) is 7.35. The van der Waals surface area contributed by atoms with Crippen molar-refractivity contribution in [2.75, 3.05) is 7.11 Å². The largest absolute Gasteiger partial charge is 0.466 e. The predicted octanol–water partition coefficient (Wildman–Crippen LogP) is 3.81. The van der Waals surface area contributed by atoms with Gasteiger partial charge in [0.2, 0.25) is 0 Å². The van der Waals surface area contributed by atoms with Gasteiger partial charge in [0.05, 0.1) is 25.3 Å². The van der Waals surface area contributed by atoms with Gasteiger partial charge in [-0.05, 0) is 33.2 Å². The van der Waals surface area contributed by atoms with Gasteiger partial charge in [-0.3, -0.25) is 5.32 Å². The van der Waals surface area contributed by atoms with Gasteiger partial charge in [-0.2, -0.15) is 0 Å². The van der Waals surface area contributed by atoms with Crippen LogP contribution in [0, 0.1) is 0 Å². The van der Waals surface area contributed by atoms with Gasteiger partial charge in [-0.15, -0.1) is 5.10 Å². The van der Waals surface area contributed by atoms with E-state index >= 15 is 0 Å². The molecule has 0 saturated carbocycles. The van der Waals surface area contributed by atoms with Crippen LogP contribution < -0.4 is 5.32 Å². The van der Waals surface area contributed by atoms with Crippen molar-refractivity contribution in [3.8, 4) is 0 Å². The number of esters is 1. The minimum absolute atomic E-state index is 0.181. The summed E-state index contributed by atoms with van der Waals surface area (Å²) in [6.07, 6.45) is 1.80. The molecule has 7 heteroatoms. The molecule has 0 spiro atoms. The molecule has 0 aliphatic heterocycles. The molecule has 166 valence electrons. The molecule has 0 aliphatic carbocycles. The molecule has 1 atom stereocenters. The quantitative estimate of drug-likeness (QED) is 0.316. The number of nitrogens with one attached hydrogen (secondary N) is 1. The average Bonchev–Trinajstić information content (AvgIpc) is 3.33. The van der Waals surface area contributed by atoms with Crippen LogP contribution in [0.1, 0.15) is 28.6 Å². The minimum Gasteiger partial charge on any atom is -0.466 e. The van der Waals surface area contributed by atoms with Crippen LogP contribution in [0.2, 0.25) is 0 Å². The van der Waals surface area contributed by atoms with Crippen molar-refractivity contribution in [3.63, 3.8) is 0 Å². The minimum atomic E-state index is -0.422. The topological polar surface area (TPSA) is 81.9 Å². The first-order valence-corrected chi connectivity index (χ1v) is 10.7. The summed E-state index contributed by atoms with van der Waals surface area (Å²) >= 11 is 0. The maximum absolute atomic E-state index is 12.5. The highest BCUT2D eigenvalue weighted by molar-refractivity contribution is 5.93. The molecular formula is C26H25N5O2. The van der Waals surface area contributed by atoms with Gasteiger partial charge in [0.25, 0.3) is 0 Å². The average molecular weight is 440 g/mol. The van der Waals surface area contributed by atoms with E-state index in [1.165, 1.54) is 7.11 Å². The Balaban J connectivity index is 1.65. The van der Waals surface area contributed by atoms with Crippen molar-refractivity contribution in [3.05, 3.63) is 119 Å². The molecule has 4 aromatic rings. The first-order chi connectivity index (χ1) is 16.2. The summed E-state index contributed by atoms with van der Waals surface area (Å²) in [6, 6.07) is 29.5. The molecule has 1 aromatic heterocycles. The summed E-state index contributed by atoms with van der Waals surface area (Å²) in [5, 5.41) is 16.0. The molecule has 0 bridgehead atoms. The van der Waals surface area contributed by atoms with Crippen molar-refractivity contribution in [2.45, 2.75) is 19.1 Å². The SMILES string of the molecule is COC(=O)/C(=C\c1ccccc1)Cn1nnnc1C(NCc1ccccc1)c1ccccc1. The fraction of sp³-hybridized carbons (Fsp3) is 0.154. The van der Waals surface area contributed by atoms with Crippen molar-refractivity contribution < 1.29 is 9.53 Å². The molecule has 1 heterocycles. The highest BCUT2D eigenvalue weighted by atomic mass is 16.5. The molecule has 33 heavy (non-hydrogen) atoms. The zero-order valence-corrected chi connectivity index (χ0v) is 18.3. The Labute approximate surface area is 192 Å². The lowest BCUT2D eigenvalue weighted by Gasteiger charge is -2.19. The monoisotopic (exact) mass is 439 g/mol. The van der Waals surface area contributed by atoms with E-state index in [9.17, 15) is 4.79 Å². The highest BCUT2D eigenvalue weighted by Gasteiger charge is 2.23. The van der Waals surface area contributed by atoms with Gasteiger partial charge < -0.3 is 4.74 Å². The van der Waals surface area contributed by atoms with E-state index in [2.05, 4.69) is 33.0 Å². The Hall–Kier alpha value is -4.10. The smallest absolute Gasteiger partial charge is 0.335 e. The van der Waals surface area contributed by atoms with E-state index in [0.717, 1.165) is 16.7 Å². The predicted molar refractivity (Wildman–Crippen MR) is 126 cm³/mol. The molecule has 1 N–H and O–H groups in total. The van der Waals surface area contributed by atoms with Gasteiger partial charge in [-0.25, -0.2) is 9.48 Å².